The van der Waals surface area contributed by atoms with Crippen molar-refractivity contribution in [2.75, 3.05) is 19.5 Å². The Bertz CT molecular complexity index is 1130. The Morgan fingerprint density at radius 2 is 1.91 bits per heavy atom. The first-order chi connectivity index (χ1) is 16.0. The lowest BCUT2D eigenvalue weighted by Crippen LogP contribution is -2.26. The number of nitrogens with two attached hydrogens (primary N) is 1. The van der Waals surface area contributed by atoms with E-state index in [9.17, 15) is 0 Å². The molecule has 0 aliphatic heterocycles. The molecule has 0 saturated heterocycles. The smallest absolute Gasteiger partial charge is 0.320 e. The second-order valence-corrected chi connectivity index (χ2v) is 12.1. The van der Waals surface area contributed by atoms with Crippen molar-refractivity contribution in [2.45, 2.75) is 66.3 Å². The van der Waals surface area contributed by atoms with E-state index >= 15 is 4.39 Å². The first-order valence-electron chi connectivity index (χ1n) is 11.7. The van der Waals surface area contributed by atoms with Crippen molar-refractivity contribution in [2.24, 2.45) is 5.41 Å². The Hall–Kier alpha value is -2.72. The Kier molecular flexibility index (Phi) is 8.14. The Morgan fingerprint density at radius 1 is 1.18 bits per heavy atom. The summed E-state index contributed by atoms with van der Waals surface area (Å²) in [5.74, 6) is -0.0914. The largest absolute Gasteiger partial charge is 0.468 e. The van der Waals surface area contributed by atoms with Gasteiger partial charge in [-0.3, -0.25) is 4.57 Å². The second-order valence-electron chi connectivity index (χ2n) is 9.74. The molecule has 1 atom stereocenters. The molecule has 0 fully saturated rings. The van der Waals surface area contributed by atoms with Crippen LogP contribution in [0.3, 0.4) is 0 Å². The number of ether oxygens (including phenoxy) is 2. The molecule has 0 aliphatic rings. The molecule has 2 aromatic heterocycles. The Morgan fingerprint density at radius 3 is 2.50 bits per heavy atom. The molecule has 0 aliphatic carbocycles. The maximum absolute atomic E-state index is 15.3. The number of nitrogen functional groups attached to an aromatic ring is 1. The topological polar surface area (TPSA) is 97.3 Å². The van der Waals surface area contributed by atoms with Crippen LogP contribution in [0.15, 0.2) is 18.2 Å². The lowest BCUT2D eigenvalue weighted by atomic mass is 9.84. The minimum atomic E-state index is -1.37. The predicted molar refractivity (Wildman–Crippen MR) is 134 cm³/mol. The molecule has 186 valence electrons. The third-order valence-electron chi connectivity index (χ3n) is 5.36. The summed E-state index contributed by atoms with van der Waals surface area (Å²) >= 11 is 0. The summed E-state index contributed by atoms with van der Waals surface area (Å²) in [5.41, 5.74) is 8.08. The number of imidazole rings is 1. The molecular formula is C24H36FN5O3Si. The van der Waals surface area contributed by atoms with Crippen LogP contribution in [0.1, 0.15) is 57.8 Å². The summed E-state index contributed by atoms with van der Waals surface area (Å²) in [6, 6.07) is 5.75. The van der Waals surface area contributed by atoms with Gasteiger partial charge in [-0.2, -0.15) is 15.0 Å². The zero-order valence-corrected chi connectivity index (χ0v) is 22.3. The van der Waals surface area contributed by atoms with Gasteiger partial charge in [0.15, 0.2) is 26.0 Å². The normalized spacial score (nSPS) is 13.0. The van der Waals surface area contributed by atoms with Crippen molar-refractivity contribution in [3.63, 3.8) is 0 Å². The summed E-state index contributed by atoms with van der Waals surface area (Å²) in [4.78, 5) is 13.1. The van der Waals surface area contributed by atoms with Crippen LogP contribution in [0, 0.1) is 11.2 Å². The number of rotatable bonds is 10. The van der Waals surface area contributed by atoms with E-state index in [4.69, 9.17) is 19.6 Å². The minimum absolute atomic E-state index is 0.187. The van der Waals surface area contributed by atoms with Crippen LogP contribution in [0.4, 0.5) is 10.2 Å². The standard InChI is InChI=1S/C24H36FN5O3Si/c1-8-9-12-32-22-28-20(26)18-21(29-22)30(23(27-18)31-5)14-15-10-11-16(17(25)13-15)19(24(2,3)4)33-34(6)7/h10-11,13,19,34H,8-9,12,14H2,1-7H3,(H2,26,28,29). The maximum Gasteiger partial charge on any atom is 0.320 e. The third-order valence-corrected chi connectivity index (χ3v) is 6.18. The summed E-state index contributed by atoms with van der Waals surface area (Å²) < 4.78 is 34.4. The molecule has 0 bridgehead atoms. The zero-order valence-electron chi connectivity index (χ0n) is 21.2. The summed E-state index contributed by atoms with van der Waals surface area (Å²) in [6.07, 6.45) is 1.56. The van der Waals surface area contributed by atoms with Gasteiger partial charge in [0.2, 0.25) is 0 Å². The SMILES string of the molecule is CCCCOc1nc(N)c2nc(OC)n(Cc3ccc(C(O[SiH](C)C)C(C)(C)C)c(F)c3)c2n1. The molecule has 1 unspecified atom stereocenters. The number of fused-ring (bicyclic) bond motifs is 1. The van der Waals surface area contributed by atoms with Crippen molar-refractivity contribution in [3.05, 3.63) is 35.1 Å². The maximum atomic E-state index is 15.3. The molecule has 2 N–H and O–H groups in total. The number of halogens is 1. The van der Waals surface area contributed by atoms with E-state index in [-0.39, 0.29) is 29.2 Å². The summed E-state index contributed by atoms with van der Waals surface area (Å²) in [7, 11) is 0.146. The van der Waals surface area contributed by atoms with Crippen LogP contribution in [0.25, 0.3) is 11.2 Å². The van der Waals surface area contributed by atoms with Gasteiger partial charge in [-0.05, 0) is 36.6 Å². The van der Waals surface area contributed by atoms with Crippen molar-refractivity contribution in [1.82, 2.24) is 19.5 Å². The highest BCUT2D eigenvalue weighted by atomic mass is 28.3. The molecule has 8 nitrogen and oxygen atoms in total. The number of benzene rings is 1. The van der Waals surface area contributed by atoms with Crippen LogP contribution in [-0.2, 0) is 11.0 Å². The number of methoxy groups -OCH3 is 1. The number of anilines is 1. The predicted octanol–water partition coefficient (Wildman–Crippen LogP) is 4.87. The van der Waals surface area contributed by atoms with Gasteiger partial charge in [0, 0.05) is 5.56 Å². The van der Waals surface area contributed by atoms with Crippen LogP contribution in [0.2, 0.25) is 13.1 Å². The van der Waals surface area contributed by atoms with Crippen LogP contribution >= 0.6 is 0 Å². The first-order valence-corrected chi connectivity index (χ1v) is 14.5. The fourth-order valence-corrected chi connectivity index (χ4v) is 4.83. The van der Waals surface area contributed by atoms with Crippen LogP contribution < -0.4 is 15.2 Å². The average Bonchev–Trinajstić information content (AvgIpc) is 3.10. The first kappa shape index (κ1) is 25.9. The number of hydrogen-bond acceptors (Lipinski definition) is 7. The van der Waals surface area contributed by atoms with E-state index in [1.165, 1.54) is 13.2 Å². The van der Waals surface area contributed by atoms with Gasteiger partial charge in [-0.15, -0.1) is 0 Å². The average molecular weight is 490 g/mol. The van der Waals surface area contributed by atoms with Gasteiger partial charge in [0.1, 0.15) is 5.82 Å². The Balaban J connectivity index is 1.97. The monoisotopic (exact) mass is 489 g/mol. The fraction of sp³-hybridized carbons (Fsp3) is 0.542. The lowest BCUT2D eigenvalue weighted by molar-refractivity contribution is 0.0831. The minimum Gasteiger partial charge on any atom is -0.468 e. The number of unbranched alkanes of at least 4 members (excludes halogenated alkanes) is 1. The molecule has 3 rings (SSSR count). The van der Waals surface area contributed by atoms with E-state index < -0.39 is 9.04 Å². The van der Waals surface area contributed by atoms with Gasteiger partial charge in [-0.25, -0.2) is 4.39 Å². The molecule has 2 heterocycles. The van der Waals surface area contributed by atoms with E-state index in [2.05, 4.69) is 55.7 Å². The number of hydrogen-bond donors (Lipinski definition) is 1. The molecule has 1 aromatic carbocycles. The molecule has 0 amide bonds. The molecule has 10 heteroatoms. The summed E-state index contributed by atoms with van der Waals surface area (Å²) in [5, 5.41) is 0. The quantitative estimate of drug-likeness (QED) is 0.320. The lowest BCUT2D eigenvalue weighted by Gasteiger charge is -2.33. The van der Waals surface area contributed by atoms with Crippen LogP contribution in [0.5, 0.6) is 12.0 Å². The zero-order chi connectivity index (χ0) is 25.0. The molecule has 3 aromatic rings. The van der Waals surface area contributed by atoms with E-state index in [1.807, 2.05) is 12.1 Å². The van der Waals surface area contributed by atoms with Gasteiger partial charge in [0.05, 0.1) is 26.4 Å². The fourth-order valence-electron chi connectivity index (χ4n) is 3.73. The highest BCUT2D eigenvalue weighted by Gasteiger charge is 2.30. The van der Waals surface area contributed by atoms with E-state index in [0.29, 0.717) is 35.9 Å². The van der Waals surface area contributed by atoms with Gasteiger partial charge >= 0.3 is 6.01 Å². The second kappa shape index (κ2) is 10.7. The van der Waals surface area contributed by atoms with Gasteiger partial charge < -0.3 is 19.6 Å². The molecule has 34 heavy (non-hydrogen) atoms. The number of nitrogens with zero attached hydrogens (tertiary/aromatic N) is 4. The Labute approximate surface area is 202 Å². The van der Waals surface area contributed by atoms with Crippen molar-refractivity contribution >= 4 is 26.0 Å². The highest BCUT2D eigenvalue weighted by Crippen LogP contribution is 2.38. The van der Waals surface area contributed by atoms with Crippen molar-refractivity contribution < 1.29 is 18.3 Å². The van der Waals surface area contributed by atoms with Crippen molar-refractivity contribution in [1.29, 1.82) is 0 Å². The molecule has 0 radical (unpaired) electrons. The highest BCUT2D eigenvalue weighted by molar-refractivity contribution is 6.48. The molecule has 0 saturated carbocycles. The molecular weight excluding hydrogens is 453 g/mol. The van der Waals surface area contributed by atoms with E-state index in [1.54, 1.807) is 4.57 Å². The van der Waals surface area contributed by atoms with E-state index in [0.717, 1.165) is 18.4 Å². The van der Waals surface area contributed by atoms with Crippen LogP contribution in [-0.4, -0.2) is 42.3 Å². The third kappa shape index (κ3) is 5.85. The van der Waals surface area contributed by atoms with Gasteiger partial charge in [0.25, 0.3) is 6.01 Å². The van der Waals surface area contributed by atoms with Crippen molar-refractivity contribution in [3.8, 4) is 12.0 Å². The number of aromatic nitrogens is 4. The molecule has 0 spiro atoms. The summed E-state index contributed by atoms with van der Waals surface area (Å²) in [6.45, 7) is 13.2. The van der Waals surface area contributed by atoms with Gasteiger partial charge in [-0.1, -0.05) is 46.2 Å².